The molecule has 0 aromatic heterocycles. The van der Waals surface area contributed by atoms with E-state index in [-0.39, 0.29) is 0 Å². The second-order valence-corrected chi connectivity index (χ2v) is 5.10. The summed E-state index contributed by atoms with van der Waals surface area (Å²) in [6.45, 7) is 2.38. The summed E-state index contributed by atoms with van der Waals surface area (Å²) in [5.74, 6) is 0.748. The zero-order valence-corrected chi connectivity index (χ0v) is 10.4. The largest absolute Gasteiger partial charge is 0.416 e. The van der Waals surface area contributed by atoms with Crippen LogP contribution in [0.5, 0.6) is 0 Å². The SMILES string of the molecule is Cc1cc(C(F)(F)F)ccc1C1CCCC1CN. The first-order chi connectivity index (χ1) is 8.43. The molecule has 0 saturated heterocycles. The Balaban J connectivity index is 2.30. The van der Waals surface area contributed by atoms with Gasteiger partial charge in [-0.1, -0.05) is 12.5 Å². The van der Waals surface area contributed by atoms with E-state index in [9.17, 15) is 13.2 Å². The summed E-state index contributed by atoms with van der Waals surface area (Å²) in [5, 5.41) is 0. The molecule has 2 N–H and O–H groups in total. The lowest BCUT2D eigenvalue weighted by atomic mass is 9.86. The third-order valence-corrected chi connectivity index (χ3v) is 3.96. The minimum absolute atomic E-state index is 0.331. The lowest BCUT2D eigenvalue weighted by molar-refractivity contribution is -0.137. The number of aryl methyl sites for hydroxylation is 1. The van der Waals surface area contributed by atoms with Gasteiger partial charge in [0.05, 0.1) is 5.56 Å². The molecule has 1 aliphatic rings. The van der Waals surface area contributed by atoms with Gasteiger partial charge in [0.15, 0.2) is 0 Å². The van der Waals surface area contributed by atoms with Gasteiger partial charge in [-0.25, -0.2) is 0 Å². The minimum Gasteiger partial charge on any atom is -0.330 e. The van der Waals surface area contributed by atoms with Crippen molar-refractivity contribution in [3.63, 3.8) is 0 Å². The van der Waals surface area contributed by atoms with Crippen LogP contribution in [-0.4, -0.2) is 6.54 Å². The molecule has 18 heavy (non-hydrogen) atoms. The first-order valence-electron chi connectivity index (χ1n) is 6.31. The molecule has 2 unspecified atom stereocenters. The Kier molecular flexibility index (Phi) is 3.66. The van der Waals surface area contributed by atoms with E-state index >= 15 is 0 Å². The van der Waals surface area contributed by atoms with Crippen LogP contribution in [0.4, 0.5) is 13.2 Å². The highest BCUT2D eigenvalue weighted by Gasteiger charge is 2.33. The van der Waals surface area contributed by atoms with Crippen molar-refractivity contribution in [3.05, 3.63) is 34.9 Å². The van der Waals surface area contributed by atoms with E-state index in [2.05, 4.69) is 0 Å². The van der Waals surface area contributed by atoms with Crippen LogP contribution in [0.2, 0.25) is 0 Å². The highest BCUT2D eigenvalue weighted by molar-refractivity contribution is 5.35. The number of alkyl halides is 3. The summed E-state index contributed by atoms with van der Waals surface area (Å²) < 4.78 is 37.8. The highest BCUT2D eigenvalue weighted by atomic mass is 19.4. The number of benzene rings is 1. The zero-order chi connectivity index (χ0) is 13.3. The topological polar surface area (TPSA) is 26.0 Å². The van der Waals surface area contributed by atoms with Crippen molar-refractivity contribution >= 4 is 0 Å². The van der Waals surface area contributed by atoms with Gasteiger partial charge in [0, 0.05) is 0 Å². The molecular formula is C14H18F3N. The smallest absolute Gasteiger partial charge is 0.330 e. The number of halogens is 3. The van der Waals surface area contributed by atoms with E-state index in [1.54, 1.807) is 13.0 Å². The monoisotopic (exact) mass is 257 g/mol. The average Bonchev–Trinajstić information content (AvgIpc) is 2.75. The number of hydrogen-bond donors (Lipinski definition) is 1. The fraction of sp³-hybridized carbons (Fsp3) is 0.571. The fourth-order valence-corrected chi connectivity index (χ4v) is 3.00. The molecule has 0 heterocycles. The molecule has 4 heteroatoms. The van der Waals surface area contributed by atoms with Gasteiger partial charge in [0.2, 0.25) is 0 Å². The van der Waals surface area contributed by atoms with Crippen molar-refractivity contribution < 1.29 is 13.2 Å². The predicted octanol–water partition coefficient (Wildman–Crippen LogP) is 3.86. The Morgan fingerprint density at radius 2 is 2.00 bits per heavy atom. The van der Waals surface area contributed by atoms with Crippen molar-refractivity contribution in [2.75, 3.05) is 6.54 Å². The molecule has 2 rings (SSSR count). The van der Waals surface area contributed by atoms with Crippen LogP contribution in [0, 0.1) is 12.8 Å². The molecule has 100 valence electrons. The maximum absolute atomic E-state index is 12.6. The van der Waals surface area contributed by atoms with E-state index in [0.29, 0.717) is 18.4 Å². The fourth-order valence-electron chi connectivity index (χ4n) is 3.00. The molecule has 1 aromatic carbocycles. The van der Waals surface area contributed by atoms with Crippen molar-refractivity contribution in [3.8, 4) is 0 Å². The quantitative estimate of drug-likeness (QED) is 0.855. The Bertz CT molecular complexity index is 426. The summed E-state index contributed by atoms with van der Waals surface area (Å²) in [6.07, 6.45) is -1.02. The van der Waals surface area contributed by atoms with Crippen LogP contribution in [-0.2, 0) is 6.18 Å². The molecule has 1 aliphatic carbocycles. The third-order valence-electron chi connectivity index (χ3n) is 3.96. The molecule has 0 amide bonds. The Morgan fingerprint density at radius 3 is 2.56 bits per heavy atom. The average molecular weight is 257 g/mol. The first-order valence-corrected chi connectivity index (χ1v) is 6.31. The van der Waals surface area contributed by atoms with Crippen molar-refractivity contribution in [1.82, 2.24) is 0 Å². The van der Waals surface area contributed by atoms with Gasteiger partial charge in [-0.2, -0.15) is 13.2 Å². The summed E-state index contributed by atoms with van der Waals surface area (Å²) in [5.41, 5.74) is 6.94. The van der Waals surface area contributed by atoms with Crippen LogP contribution in [0.15, 0.2) is 18.2 Å². The minimum atomic E-state index is -4.26. The van der Waals surface area contributed by atoms with Gasteiger partial charge in [-0.15, -0.1) is 0 Å². The summed E-state index contributed by atoms with van der Waals surface area (Å²) in [4.78, 5) is 0. The van der Waals surface area contributed by atoms with Gasteiger partial charge in [0.25, 0.3) is 0 Å². The van der Waals surface area contributed by atoms with Crippen LogP contribution >= 0.6 is 0 Å². The van der Waals surface area contributed by atoms with Gasteiger partial charge < -0.3 is 5.73 Å². The Hall–Kier alpha value is -1.03. The van der Waals surface area contributed by atoms with Gasteiger partial charge in [-0.05, 0) is 61.4 Å². The van der Waals surface area contributed by atoms with Crippen molar-refractivity contribution in [2.45, 2.75) is 38.3 Å². The van der Waals surface area contributed by atoms with E-state index in [1.165, 1.54) is 12.1 Å². The Labute approximate surface area is 105 Å². The number of hydrogen-bond acceptors (Lipinski definition) is 1. The van der Waals surface area contributed by atoms with Gasteiger partial charge in [0.1, 0.15) is 0 Å². The Morgan fingerprint density at radius 1 is 1.28 bits per heavy atom. The number of nitrogens with two attached hydrogens (primary N) is 1. The zero-order valence-electron chi connectivity index (χ0n) is 10.4. The molecule has 1 aromatic rings. The molecule has 0 spiro atoms. The highest BCUT2D eigenvalue weighted by Crippen LogP contribution is 2.41. The molecule has 1 fully saturated rings. The number of rotatable bonds is 2. The molecule has 0 bridgehead atoms. The van der Waals surface area contributed by atoms with Gasteiger partial charge >= 0.3 is 6.18 Å². The third kappa shape index (κ3) is 2.53. The van der Waals surface area contributed by atoms with Crippen LogP contribution in [0.1, 0.15) is 41.9 Å². The normalized spacial score (nSPS) is 24.5. The first kappa shape index (κ1) is 13.4. The van der Waals surface area contributed by atoms with Crippen LogP contribution in [0.25, 0.3) is 0 Å². The lowest BCUT2D eigenvalue weighted by Crippen LogP contribution is -2.18. The predicted molar refractivity (Wildman–Crippen MR) is 65.3 cm³/mol. The maximum Gasteiger partial charge on any atom is 0.416 e. The van der Waals surface area contributed by atoms with E-state index in [0.717, 1.165) is 30.4 Å². The lowest BCUT2D eigenvalue weighted by Gasteiger charge is -2.21. The summed E-state index contributed by atoms with van der Waals surface area (Å²) in [6, 6.07) is 4.08. The molecule has 1 nitrogen and oxygen atoms in total. The van der Waals surface area contributed by atoms with E-state index in [1.807, 2.05) is 0 Å². The second-order valence-electron chi connectivity index (χ2n) is 5.10. The molecule has 0 radical (unpaired) electrons. The van der Waals surface area contributed by atoms with Crippen LogP contribution in [0.3, 0.4) is 0 Å². The van der Waals surface area contributed by atoms with Crippen molar-refractivity contribution in [1.29, 1.82) is 0 Å². The summed E-state index contributed by atoms with van der Waals surface area (Å²) in [7, 11) is 0. The molecule has 2 atom stereocenters. The summed E-state index contributed by atoms with van der Waals surface area (Å²) >= 11 is 0. The van der Waals surface area contributed by atoms with Crippen LogP contribution < -0.4 is 5.73 Å². The maximum atomic E-state index is 12.6. The molecule has 1 saturated carbocycles. The van der Waals surface area contributed by atoms with E-state index in [4.69, 9.17) is 5.73 Å². The molecule has 0 aliphatic heterocycles. The molecular weight excluding hydrogens is 239 g/mol. The van der Waals surface area contributed by atoms with Crippen molar-refractivity contribution in [2.24, 2.45) is 11.7 Å². The second kappa shape index (κ2) is 4.92. The standard InChI is InChI=1S/C14H18F3N/c1-9-7-11(14(15,16)17)5-6-12(9)13-4-2-3-10(13)8-18/h5-7,10,13H,2-4,8,18H2,1H3. The van der Waals surface area contributed by atoms with E-state index < -0.39 is 11.7 Å². The van der Waals surface area contributed by atoms with Gasteiger partial charge in [-0.3, -0.25) is 0 Å².